The summed E-state index contributed by atoms with van der Waals surface area (Å²) in [5.41, 5.74) is 4.29. The molecule has 22 heavy (non-hydrogen) atoms. The Balaban J connectivity index is 2.88. The molecule has 0 radical (unpaired) electrons. The number of nitrogens with one attached hydrogen (secondary N) is 2. The molecular weight excluding hydrogens is 351 g/mol. The number of halogens is 3. The molecule has 0 aliphatic rings. The van der Waals surface area contributed by atoms with Crippen LogP contribution in [0.15, 0.2) is 30.3 Å². The topological polar surface area (TPSA) is 67.4 Å². The normalized spacial score (nSPS) is 13.4. The van der Waals surface area contributed by atoms with Crippen LogP contribution in [0.2, 0.25) is 0 Å². The van der Waals surface area contributed by atoms with Crippen LogP contribution in [0.4, 0.5) is 0 Å². The highest BCUT2D eigenvalue weighted by molar-refractivity contribution is 6.68. The number of hydrazine groups is 1. The zero-order chi connectivity index (χ0) is 17.0. The number of hydrogen-bond donors (Lipinski definition) is 2. The highest BCUT2D eigenvalue weighted by Gasteiger charge is 2.49. The standard InChI is InChI=1S/C14H17Cl3N2O3/c1-13(2,12(21)22-3)11(14(15,16)17)19-18-10(20)9-7-5-4-6-8-9/h4-8,11,19H,1-3H3,(H,18,20). The summed E-state index contributed by atoms with van der Waals surface area (Å²) in [7, 11) is 1.24. The van der Waals surface area contributed by atoms with Gasteiger partial charge < -0.3 is 4.74 Å². The summed E-state index contributed by atoms with van der Waals surface area (Å²) in [5, 5.41) is 0. The molecular formula is C14H17Cl3N2O3. The van der Waals surface area contributed by atoms with E-state index in [2.05, 4.69) is 10.9 Å². The van der Waals surface area contributed by atoms with Crippen LogP contribution >= 0.6 is 34.8 Å². The molecule has 0 aliphatic carbocycles. The van der Waals surface area contributed by atoms with E-state index in [9.17, 15) is 9.59 Å². The third-order valence-corrected chi connectivity index (χ3v) is 3.78. The van der Waals surface area contributed by atoms with Gasteiger partial charge in [-0.3, -0.25) is 15.0 Å². The van der Waals surface area contributed by atoms with Crippen molar-refractivity contribution in [2.75, 3.05) is 7.11 Å². The molecule has 0 spiro atoms. The number of hydrogen-bond acceptors (Lipinski definition) is 4. The van der Waals surface area contributed by atoms with Gasteiger partial charge in [0, 0.05) is 5.56 Å². The molecule has 0 fully saturated rings. The number of carbonyl (C=O) groups is 2. The monoisotopic (exact) mass is 366 g/mol. The first-order valence-corrected chi connectivity index (χ1v) is 7.50. The molecule has 0 bridgehead atoms. The number of benzene rings is 1. The second kappa shape index (κ2) is 7.51. The zero-order valence-corrected chi connectivity index (χ0v) is 14.6. The molecule has 0 aliphatic heterocycles. The van der Waals surface area contributed by atoms with Crippen molar-refractivity contribution >= 4 is 46.7 Å². The Labute approximate surface area is 144 Å². The molecule has 0 saturated carbocycles. The van der Waals surface area contributed by atoms with Crippen LogP contribution in [0, 0.1) is 5.41 Å². The van der Waals surface area contributed by atoms with Gasteiger partial charge in [-0.05, 0) is 26.0 Å². The summed E-state index contributed by atoms with van der Waals surface area (Å²) < 4.78 is 2.87. The molecule has 122 valence electrons. The molecule has 1 rings (SSSR count). The lowest BCUT2D eigenvalue weighted by Crippen LogP contribution is -2.59. The average Bonchev–Trinajstić information content (AvgIpc) is 2.45. The summed E-state index contributed by atoms with van der Waals surface area (Å²) in [6, 6.07) is 7.48. The maximum Gasteiger partial charge on any atom is 0.313 e. The van der Waals surface area contributed by atoms with Crippen molar-refractivity contribution in [3.05, 3.63) is 35.9 Å². The van der Waals surface area contributed by atoms with Crippen LogP contribution in [0.1, 0.15) is 24.2 Å². The lowest BCUT2D eigenvalue weighted by Gasteiger charge is -2.36. The minimum atomic E-state index is -1.85. The van der Waals surface area contributed by atoms with Crippen molar-refractivity contribution in [1.82, 2.24) is 10.9 Å². The third-order valence-electron chi connectivity index (χ3n) is 3.13. The number of rotatable bonds is 5. The summed E-state index contributed by atoms with van der Waals surface area (Å²) in [6.07, 6.45) is 0. The minimum Gasteiger partial charge on any atom is -0.469 e. The van der Waals surface area contributed by atoms with Crippen LogP contribution in [-0.4, -0.2) is 28.8 Å². The van der Waals surface area contributed by atoms with Gasteiger partial charge in [0.1, 0.15) is 0 Å². The van der Waals surface area contributed by atoms with Gasteiger partial charge in [-0.25, -0.2) is 5.43 Å². The fourth-order valence-electron chi connectivity index (χ4n) is 1.85. The molecule has 0 aromatic heterocycles. The molecule has 0 saturated heterocycles. The average molecular weight is 368 g/mol. The number of esters is 1. The largest absolute Gasteiger partial charge is 0.469 e. The van der Waals surface area contributed by atoms with Gasteiger partial charge in [-0.2, -0.15) is 0 Å². The first-order chi connectivity index (χ1) is 10.1. The van der Waals surface area contributed by atoms with Crippen LogP contribution < -0.4 is 10.9 Å². The third kappa shape index (κ3) is 4.74. The van der Waals surface area contributed by atoms with Crippen molar-refractivity contribution in [3.63, 3.8) is 0 Å². The van der Waals surface area contributed by atoms with Crippen molar-refractivity contribution in [2.45, 2.75) is 23.7 Å². The Bertz CT molecular complexity index is 530. The Morgan fingerprint density at radius 1 is 1.14 bits per heavy atom. The van der Waals surface area contributed by atoms with E-state index in [0.29, 0.717) is 5.56 Å². The molecule has 5 nitrogen and oxygen atoms in total. The number of alkyl halides is 3. The van der Waals surface area contributed by atoms with Crippen LogP contribution in [0.3, 0.4) is 0 Å². The first-order valence-electron chi connectivity index (χ1n) is 6.36. The van der Waals surface area contributed by atoms with Crippen molar-refractivity contribution in [2.24, 2.45) is 5.41 Å². The van der Waals surface area contributed by atoms with Gasteiger partial charge in [-0.15, -0.1) is 0 Å². The van der Waals surface area contributed by atoms with Gasteiger partial charge >= 0.3 is 5.97 Å². The molecule has 8 heteroatoms. The highest BCUT2D eigenvalue weighted by atomic mass is 35.6. The molecule has 0 heterocycles. The molecule has 1 amide bonds. The van der Waals surface area contributed by atoms with Crippen molar-refractivity contribution in [3.8, 4) is 0 Å². The lowest BCUT2D eigenvalue weighted by molar-refractivity contribution is -0.152. The Morgan fingerprint density at radius 3 is 2.14 bits per heavy atom. The van der Waals surface area contributed by atoms with E-state index in [1.165, 1.54) is 7.11 Å². The SMILES string of the molecule is COC(=O)C(C)(C)C(NNC(=O)c1ccccc1)C(Cl)(Cl)Cl. The van der Waals surface area contributed by atoms with Crippen LogP contribution in [0.5, 0.6) is 0 Å². The molecule has 1 unspecified atom stereocenters. The quantitative estimate of drug-likeness (QED) is 0.477. The Hall–Kier alpha value is -1.01. The zero-order valence-electron chi connectivity index (χ0n) is 12.3. The van der Waals surface area contributed by atoms with Crippen molar-refractivity contribution < 1.29 is 14.3 Å². The Kier molecular flexibility index (Phi) is 6.50. The van der Waals surface area contributed by atoms with E-state index in [-0.39, 0.29) is 0 Å². The van der Waals surface area contributed by atoms with E-state index in [4.69, 9.17) is 39.5 Å². The summed E-state index contributed by atoms with van der Waals surface area (Å²) >= 11 is 17.8. The van der Waals surface area contributed by atoms with Crippen molar-refractivity contribution in [1.29, 1.82) is 0 Å². The maximum atomic E-state index is 12.0. The van der Waals surface area contributed by atoms with Crippen LogP contribution in [0.25, 0.3) is 0 Å². The highest BCUT2D eigenvalue weighted by Crippen LogP contribution is 2.39. The van der Waals surface area contributed by atoms with E-state index >= 15 is 0 Å². The first kappa shape index (κ1) is 19.0. The summed E-state index contributed by atoms with van der Waals surface area (Å²) in [6.45, 7) is 3.10. The van der Waals surface area contributed by atoms with Gasteiger partial charge in [0.15, 0.2) is 0 Å². The van der Waals surface area contributed by atoms with E-state index in [1.807, 2.05) is 0 Å². The molecule has 1 aromatic carbocycles. The van der Waals surface area contributed by atoms with E-state index < -0.39 is 27.1 Å². The maximum absolute atomic E-state index is 12.0. The van der Waals surface area contributed by atoms with Crippen LogP contribution in [-0.2, 0) is 9.53 Å². The summed E-state index contributed by atoms with van der Waals surface area (Å²) in [4.78, 5) is 23.9. The Morgan fingerprint density at radius 2 is 1.68 bits per heavy atom. The number of carbonyl (C=O) groups excluding carboxylic acids is 2. The predicted octanol–water partition coefficient (Wildman–Crippen LogP) is 2.86. The van der Waals surface area contributed by atoms with E-state index in [1.54, 1.807) is 44.2 Å². The number of methoxy groups -OCH3 is 1. The minimum absolute atomic E-state index is 0.416. The molecule has 1 aromatic rings. The lowest BCUT2D eigenvalue weighted by atomic mass is 9.85. The fourth-order valence-corrected chi connectivity index (χ4v) is 2.83. The van der Waals surface area contributed by atoms with Gasteiger partial charge in [0.25, 0.3) is 5.91 Å². The fraction of sp³-hybridized carbons (Fsp3) is 0.429. The van der Waals surface area contributed by atoms with E-state index in [0.717, 1.165) is 0 Å². The molecule has 1 atom stereocenters. The van der Waals surface area contributed by atoms with Gasteiger partial charge in [0.05, 0.1) is 18.6 Å². The van der Waals surface area contributed by atoms with Gasteiger partial charge in [-0.1, -0.05) is 53.0 Å². The number of ether oxygens (including phenoxy) is 1. The van der Waals surface area contributed by atoms with Gasteiger partial charge in [0.2, 0.25) is 3.79 Å². The predicted molar refractivity (Wildman–Crippen MR) is 86.9 cm³/mol. The second-order valence-corrected chi connectivity index (χ2v) is 7.52. The number of amides is 1. The molecule has 2 N–H and O–H groups in total. The second-order valence-electron chi connectivity index (χ2n) is 5.15. The smallest absolute Gasteiger partial charge is 0.313 e. The summed E-state index contributed by atoms with van der Waals surface area (Å²) in [5.74, 6) is -0.995.